The van der Waals surface area contributed by atoms with Crippen molar-refractivity contribution in [2.24, 2.45) is 0 Å². The average Bonchev–Trinajstić information content (AvgIpc) is 2.95. The van der Waals surface area contributed by atoms with Gasteiger partial charge in [-0.1, -0.05) is 50.3 Å². The molecule has 1 aromatic carbocycles. The maximum Gasteiger partial charge on any atom is 0.358 e. The number of hydrogen-bond donors (Lipinski definition) is 2. The summed E-state index contributed by atoms with van der Waals surface area (Å²) in [6, 6.07) is 7.98. The summed E-state index contributed by atoms with van der Waals surface area (Å²) in [6.45, 7) is 8.27. The van der Waals surface area contributed by atoms with Gasteiger partial charge >= 0.3 is 5.97 Å². The Morgan fingerprint density at radius 3 is 2.38 bits per heavy atom. The van der Waals surface area contributed by atoms with Gasteiger partial charge in [-0.2, -0.15) is 0 Å². The monoisotopic (exact) mass is 330 g/mol. The van der Waals surface area contributed by atoms with Crippen molar-refractivity contribution in [3.8, 4) is 0 Å². The molecule has 0 saturated heterocycles. The number of carbonyl (C=O) groups is 2. The van der Waals surface area contributed by atoms with Crippen LogP contribution in [0.15, 0.2) is 30.5 Å². The van der Waals surface area contributed by atoms with Crippen LogP contribution in [0.2, 0.25) is 0 Å². The van der Waals surface area contributed by atoms with Crippen LogP contribution < -0.4 is 5.32 Å². The van der Waals surface area contributed by atoms with Crippen molar-refractivity contribution >= 4 is 11.9 Å². The fourth-order valence-electron chi connectivity index (χ4n) is 2.26. The number of carboxylic acid groups (broad SMARTS) is 1. The van der Waals surface area contributed by atoms with Crippen LogP contribution in [0, 0.1) is 0 Å². The highest BCUT2D eigenvalue weighted by atomic mass is 16.4. The molecule has 24 heavy (non-hydrogen) atoms. The molecule has 0 radical (unpaired) electrons. The maximum atomic E-state index is 12.1. The lowest BCUT2D eigenvalue weighted by molar-refractivity contribution is -0.122. The van der Waals surface area contributed by atoms with Crippen molar-refractivity contribution in [3.05, 3.63) is 47.3 Å². The normalized spacial score (nSPS) is 12.7. The van der Waals surface area contributed by atoms with Crippen LogP contribution >= 0.6 is 0 Å². The molecule has 2 N–H and O–H groups in total. The molecule has 128 valence electrons. The molecule has 1 heterocycles. The fraction of sp³-hybridized carbons (Fsp3) is 0.412. The van der Waals surface area contributed by atoms with Crippen molar-refractivity contribution in [3.63, 3.8) is 0 Å². The number of benzene rings is 1. The Kier molecular flexibility index (Phi) is 5.02. The molecular weight excluding hydrogens is 308 g/mol. The second-order valence-electron chi connectivity index (χ2n) is 6.77. The summed E-state index contributed by atoms with van der Waals surface area (Å²) >= 11 is 0. The number of carboxylic acids is 1. The molecule has 0 bridgehead atoms. The number of hydrogen-bond acceptors (Lipinski definition) is 4. The smallest absolute Gasteiger partial charge is 0.358 e. The molecule has 0 aliphatic rings. The summed E-state index contributed by atoms with van der Waals surface area (Å²) in [4.78, 5) is 22.8. The number of nitrogens with one attached hydrogen (secondary N) is 1. The van der Waals surface area contributed by atoms with E-state index in [1.807, 2.05) is 19.1 Å². The third-order valence-electron chi connectivity index (χ3n) is 3.72. The molecular formula is C17H22N4O3. The van der Waals surface area contributed by atoms with E-state index in [1.54, 1.807) is 0 Å². The Morgan fingerprint density at radius 2 is 1.88 bits per heavy atom. The standard InChI is InChI=1S/C17H22N4O3/c1-11(12-5-7-13(8-6-12)17(2,3)4)18-15(22)10-21-9-14(16(23)24)19-20-21/h5-9,11H,10H2,1-4H3,(H,18,22)(H,23,24). The minimum atomic E-state index is -1.17. The number of aromatic carboxylic acids is 1. The summed E-state index contributed by atoms with van der Waals surface area (Å²) in [5.41, 5.74) is 2.13. The SMILES string of the molecule is CC(NC(=O)Cn1cc(C(=O)O)nn1)c1ccc(C(C)(C)C)cc1. The van der Waals surface area contributed by atoms with E-state index in [1.165, 1.54) is 16.4 Å². The lowest BCUT2D eigenvalue weighted by atomic mass is 9.86. The van der Waals surface area contributed by atoms with Gasteiger partial charge in [0.2, 0.25) is 5.91 Å². The molecule has 1 unspecified atom stereocenters. The molecule has 0 spiro atoms. The molecule has 1 aromatic heterocycles. The maximum absolute atomic E-state index is 12.1. The quantitative estimate of drug-likeness (QED) is 0.875. The zero-order chi connectivity index (χ0) is 17.9. The zero-order valence-electron chi connectivity index (χ0n) is 14.3. The molecule has 1 amide bonds. The van der Waals surface area contributed by atoms with Crippen molar-refractivity contribution < 1.29 is 14.7 Å². The molecule has 0 fully saturated rings. The Bertz CT molecular complexity index is 729. The second-order valence-corrected chi connectivity index (χ2v) is 6.77. The first-order chi connectivity index (χ1) is 11.2. The Morgan fingerprint density at radius 1 is 1.25 bits per heavy atom. The van der Waals surface area contributed by atoms with E-state index in [9.17, 15) is 9.59 Å². The van der Waals surface area contributed by atoms with E-state index >= 15 is 0 Å². The summed E-state index contributed by atoms with van der Waals surface area (Å²) in [7, 11) is 0. The van der Waals surface area contributed by atoms with E-state index in [-0.39, 0.29) is 29.6 Å². The topological polar surface area (TPSA) is 97.1 Å². The number of rotatable bonds is 5. The van der Waals surface area contributed by atoms with Gasteiger partial charge in [0.05, 0.1) is 12.2 Å². The van der Waals surface area contributed by atoms with Crippen molar-refractivity contribution in [2.75, 3.05) is 0 Å². The van der Waals surface area contributed by atoms with Gasteiger partial charge in [0.1, 0.15) is 6.54 Å². The third kappa shape index (κ3) is 4.41. The second kappa shape index (κ2) is 6.82. The molecule has 0 aliphatic heterocycles. The molecule has 2 rings (SSSR count). The number of amides is 1. The Hall–Kier alpha value is -2.70. The van der Waals surface area contributed by atoms with Crippen LogP contribution in [0.25, 0.3) is 0 Å². The highest BCUT2D eigenvalue weighted by molar-refractivity contribution is 5.84. The molecule has 1 atom stereocenters. The van der Waals surface area contributed by atoms with Crippen LogP contribution in [0.5, 0.6) is 0 Å². The van der Waals surface area contributed by atoms with Gasteiger partial charge in [-0.05, 0) is 23.5 Å². The lowest BCUT2D eigenvalue weighted by Gasteiger charge is -2.20. The third-order valence-corrected chi connectivity index (χ3v) is 3.72. The van der Waals surface area contributed by atoms with Crippen LogP contribution in [0.1, 0.15) is 55.4 Å². The van der Waals surface area contributed by atoms with Crippen molar-refractivity contribution in [1.29, 1.82) is 0 Å². The summed E-state index contributed by atoms with van der Waals surface area (Å²) in [5, 5.41) is 18.7. The first kappa shape index (κ1) is 17.7. The molecule has 0 aliphatic carbocycles. The molecule has 2 aromatic rings. The van der Waals surface area contributed by atoms with Crippen LogP contribution in [0.4, 0.5) is 0 Å². The molecule has 0 saturated carbocycles. The van der Waals surface area contributed by atoms with E-state index in [0.29, 0.717) is 0 Å². The van der Waals surface area contributed by atoms with Gasteiger partial charge in [0.15, 0.2) is 5.69 Å². The van der Waals surface area contributed by atoms with Gasteiger partial charge in [-0.15, -0.1) is 5.10 Å². The summed E-state index contributed by atoms with van der Waals surface area (Å²) in [6.07, 6.45) is 1.23. The van der Waals surface area contributed by atoms with Crippen LogP contribution in [-0.2, 0) is 16.8 Å². The van der Waals surface area contributed by atoms with Gasteiger partial charge in [-0.3, -0.25) is 4.79 Å². The summed E-state index contributed by atoms with van der Waals surface area (Å²) in [5.74, 6) is -1.43. The van der Waals surface area contributed by atoms with Crippen molar-refractivity contribution in [2.45, 2.75) is 45.7 Å². The van der Waals surface area contributed by atoms with E-state index in [0.717, 1.165) is 5.56 Å². The zero-order valence-corrected chi connectivity index (χ0v) is 14.3. The van der Waals surface area contributed by atoms with Gasteiger partial charge in [0, 0.05) is 0 Å². The fourth-order valence-corrected chi connectivity index (χ4v) is 2.26. The highest BCUT2D eigenvalue weighted by Crippen LogP contribution is 2.23. The van der Waals surface area contributed by atoms with Crippen LogP contribution in [0.3, 0.4) is 0 Å². The summed E-state index contributed by atoms with van der Waals surface area (Å²) < 4.78 is 1.20. The number of aromatic nitrogens is 3. The van der Waals surface area contributed by atoms with Gasteiger partial charge < -0.3 is 10.4 Å². The Balaban J connectivity index is 1.96. The molecule has 7 nitrogen and oxygen atoms in total. The van der Waals surface area contributed by atoms with Gasteiger partial charge in [0.25, 0.3) is 0 Å². The first-order valence-corrected chi connectivity index (χ1v) is 7.70. The highest BCUT2D eigenvalue weighted by Gasteiger charge is 2.16. The largest absolute Gasteiger partial charge is 0.476 e. The molecule has 7 heteroatoms. The van der Waals surface area contributed by atoms with E-state index < -0.39 is 5.97 Å². The van der Waals surface area contributed by atoms with Gasteiger partial charge in [-0.25, -0.2) is 9.48 Å². The first-order valence-electron chi connectivity index (χ1n) is 7.70. The number of carbonyl (C=O) groups excluding carboxylic acids is 1. The minimum absolute atomic E-state index is 0.0787. The van der Waals surface area contributed by atoms with Crippen molar-refractivity contribution in [1.82, 2.24) is 20.3 Å². The van der Waals surface area contributed by atoms with E-state index in [4.69, 9.17) is 5.11 Å². The van der Waals surface area contributed by atoms with Crippen LogP contribution in [-0.4, -0.2) is 32.0 Å². The average molecular weight is 330 g/mol. The number of nitrogens with zero attached hydrogens (tertiary/aromatic N) is 3. The predicted octanol–water partition coefficient (Wildman–Crippen LogP) is 2.15. The van der Waals surface area contributed by atoms with E-state index in [2.05, 4.69) is 48.5 Å². The predicted molar refractivity (Wildman–Crippen MR) is 88.7 cm³/mol. The lowest BCUT2D eigenvalue weighted by Crippen LogP contribution is -2.30. The minimum Gasteiger partial charge on any atom is -0.476 e. The Labute approximate surface area is 140 Å².